The summed E-state index contributed by atoms with van der Waals surface area (Å²) in [7, 11) is 0. The Morgan fingerprint density at radius 1 is 1.44 bits per heavy atom. The normalized spacial score (nSPS) is 14.2. The smallest absolute Gasteiger partial charge is 0.416 e. The summed E-state index contributed by atoms with van der Waals surface area (Å²) in [4.78, 5) is 20.5. The number of ether oxygens (including phenoxy) is 1. The molecule has 6 nitrogen and oxygen atoms in total. The molecule has 1 N–H and O–H groups in total. The van der Waals surface area contributed by atoms with Crippen LogP contribution in [0.5, 0.6) is 0 Å². The lowest BCUT2D eigenvalue weighted by molar-refractivity contribution is -0.137. The van der Waals surface area contributed by atoms with Crippen molar-refractivity contribution < 1.29 is 22.7 Å². The molecule has 0 fully saturated rings. The van der Waals surface area contributed by atoms with Crippen molar-refractivity contribution >= 4 is 17.5 Å². The molecule has 1 aromatic heterocycles. The van der Waals surface area contributed by atoms with Crippen LogP contribution >= 0.6 is 0 Å². The highest BCUT2D eigenvalue weighted by Crippen LogP contribution is 2.31. The van der Waals surface area contributed by atoms with Gasteiger partial charge in [-0.2, -0.15) is 13.2 Å². The molecule has 1 aliphatic heterocycles. The monoisotopic (exact) mass is 352 g/mol. The molecule has 3 rings (SSSR count). The second kappa shape index (κ2) is 6.58. The predicted octanol–water partition coefficient (Wildman–Crippen LogP) is 2.74. The van der Waals surface area contributed by atoms with Crippen molar-refractivity contribution in [2.45, 2.75) is 19.6 Å². The van der Waals surface area contributed by atoms with Gasteiger partial charge < -0.3 is 14.6 Å². The van der Waals surface area contributed by atoms with Crippen LogP contribution in [0.1, 0.15) is 22.8 Å². The lowest BCUT2D eigenvalue weighted by Gasteiger charge is -2.10. The molecule has 0 aliphatic carbocycles. The zero-order valence-electron chi connectivity index (χ0n) is 13.3. The summed E-state index contributed by atoms with van der Waals surface area (Å²) in [5.41, 5.74) is -0.645. The molecule has 0 spiro atoms. The Bertz CT molecular complexity index is 874. The molecule has 0 atom stereocenters. The number of carbonyl (C=O) groups is 1. The Balaban J connectivity index is 2.14. The minimum absolute atomic E-state index is 0.0124. The summed E-state index contributed by atoms with van der Waals surface area (Å²) < 4.78 is 45.3. The number of hydrogen-bond donors (Lipinski definition) is 1. The number of nitrogens with one attached hydrogen (secondary N) is 1. The van der Waals surface area contributed by atoms with Crippen LogP contribution in [0.3, 0.4) is 0 Å². The van der Waals surface area contributed by atoms with Crippen molar-refractivity contribution in [2.75, 3.05) is 18.5 Å². The number of anilines is 1. The summed E-state index contributed by atoms with van der Waals surface area (Å²) in [5.74, 6) is -0.126. The van der Waals surface area contributed by atoms with E-state index in [1.165, 1.54) is 18.5 Å². The number of benzene rings is 1. The van der Waals surface area contributed by atoms with Crippen LogP contribution in [0.15, 0.2) is 35.6 Å². The molecule has 0 unspecified atom stereocenters. The van der Waals surface area contributed by atoms with E-state index in [4.69, 9.17) is 4.74 Å². The van der Waals surface area contributed by atoms with Crippen LogP contribution < -0.4 is 10.8 Å². The van der Waals surface area contributed by atoms with Crippen molar-refractivity contribution in [3.63, 3.8) is 0 Å². The topological polar surface area (TPSA) is 68.5 Å². The lowest BCUT2D eigenvalue weighted by Crippen LogP contribution is -2.24. The first kappa shape index (κ1) is 17.0. The Morgan fingerprint density at radius 2 is 2.24 bits per heavy atom. The van der Waals surface area contributed by atoms with E-state index in [1.807, 2.05) is 0 Å². The molecule has 0 saturated heterocycles. The summed E-state index contributed by atoms with van der Waals surface area (Å²) >= 11 is 0. The van der Waals surface area contributed by atoms with Crippen LogP contribution in [0, 0.1) is 0 Å². The minimum atomic E-state index is -4.47. The maximum Gasteiger partial charge on any atom is 0.416 e. The van der Waals surface area contributed by atoms with E-state index in [0.717, 1.165) is 12.1 Å². The van der Waals surface area contributed by atoms with Crippen LogP contribution in [-0.4, -0.2) is 28.7 Å². The largest absolute Gasteiger partial charge is 0.462 e. The van der Waals surface area contributed by atoms with Crippen LogP contribution in [0.4, 0.5) is 24.7 Å². The van der Waals surface area contributed by atoms with E-state index < -0.39 is 17.7 Å². The first-order chi connectivity index (χ1) is 11.9. The molecule has 2 heterocycles. The van der Waals surface area contributed by atoms with Gasteiger partial charge in [0.15, 0.2) is 5.49 Å². The number of rotatable bonds is 3. The average Bonchev–Trinajstić information content (AvgIpc) is 3.02. The summed E-state index contributed by atoms with van der Waals surface area (Å²) in [6.07, 6.45) is -2.98. The Labute approximate surface area is 141 Å². The van der Waals surface area contributed by atoms with Crippen molar-refractivity contribution in [3.05, 3.63) is 47.2 Å². The number of alkyl halides is 3. The molecular formula is C16H15F3N4O2. The molecule has 0 amide bonds. The number of hydrogen-bond acceptors (Lipinski definition) is 5. The van der Waals surface area contributed by atoms with Gasteiger partial charge in [0, 0.05) is 13.1 Å². The van der Waals surface area contributed by atoms with E-state index in [2.05, 4.69) is 15.3 Å². The maximum atomic E-state index is 12.8. The van der Waals surface area contributed by atoms with Crippen LogP contribution in [-0.2, 0) is 17.5 Å². The fourth-order valence-electron chi connectivity index (χ4n) is 2.50. The van der Waals surface area contributed by atoms with Crippen molar-refractivity contribution in [1.29, 1.82) is 0 Å². The van der Waals surface area contributed by atoms with E-state index in [-0.39, 0.29) is 23.3 Å². The fraction of sp³-hybridized carbons (Fsp3) is 0.312. The number of halogens is 3. The second-order valence-corrected chi connectivity index (χ2v) is 5.29. The fourth-order valence-corrected chi connectivity index (χ4v) is 2.50. The highest BCUT2D eigenvalue weighted by molar-refractivity contribution is 5.94. The predicted molar refractivity (Wildman–Crippen MR) is 83.3 cm³/mol. The standard InChI is InChI=1S/C16H15F3N4O2/c1-2-25-15(24)12-13(21-9-23-7-6-20-14(12)23)22-11-5-3-4-10(8-11)16(17,18)19/h3-5,8-9,20H,2,6-7H2,1H3. The number of fused-ring (bicyclic) bond motifs is 1. The molecule has 0 radical (unpaired) electrons. The molecule has 9 heteroatoms. The van der Waals surface area contributed by atoms with E-state index >= 15 is 0 Å². The number of esters is 1. The molecule has 25 heavy (non-hydrogen) atoms. The molecular weight excluding hydrogens is 337 g/mol. The summed E-state index contributed by atoms with van der Waals surface area (Å²) in [5, 5.41) is 3.05. The van der Waals surface area contributed by atoms with Crippen molar-refractivity contribution in [2.24, 2.45) is 4.99 Å². The Hall–Kier alpha value is -2.84. The highest BCUT2D eigenvalue weighted by atomic mass is 19.4. The van der Waals surface area contributed by atoms with Crippen molar-refractivity contribution in [3.8, 4) is 0 Å². The van der Waals surface area contributed by atoms with Crippen LogP contribution in [0.2, 0.25) is 0 Å². The van der Waals surface area contributed by atoms with Gasteiger partial charge in [0.25, 0.3) is 0 Å². The highest BCUT2D eigenvalue weighted by Gasteiger charge is 2.30. The van der Waals surface area contributed by atoms with E-state index in [0.29, 0.717) is 18.9 Å². The lowest BCUT2D eigenvalue weighted by atomic mass is 10.2. The quantitative estimate of drug-likeness (QED) is 0.863. The minimum Gasteiger partial charge on any atom is -0.462 e. The summed E-state index contributed by atoms with van der Waals surface area (Å²) in [6.45, 7) is 3.06. The first-order valence-corrected chi connectivity index (χ1v) is 7.62. The second-order valence-electron chi connectivity index (χ2n) is 5.29. The number of nitrogens with zero attached hydrogens (tertiary/aromatic N) is 3. The average molecular weight is 352 g/mol. The SMILES string of the molecule is CCOC(=O)c1c2n(cnc1=Nc1cccc(C(F)(F)F)c1)CCN2. The van der Waals surface area contributed by atoms with E-state index in [9.17, 15) is 18.0 Å². The first-order valence-electron chi connectivity index (χ1n) is 7.62. The molecule has 1 aromatic carbocycles. The van der Waals surface area contributed by atoms with Gasteiger partial charge in [0.05, 0.1) is 24.2 Å². The number of aromatic nitrogens is 2. The van der Waals surface area contributed by atoms with Crippen LogP contribution in [0.25, 0.3) is 0 Å². The molecule has 0 bridgehead atoms. The molecule has 2 aromatic rings. The van der Waals surface area contributed by atoms with Gasteiger partial charge in [-0.1, -0.05) is 6.07 Å². The van der Waals surface area contributed by atoms with Gasteiger partial charge in [0.2, 0.25) is 0 Å². The summed E-state index contributed by atoms with van der Waals surface area (Å²) in [6, 6.07) is 4.54. The third-order valence-corrected chi connectivity index (χ3v) is 3.60. The molecule has 1 aliphatic rings. The zero-order valence-corrected chi connectivity index (χ0v) is 13.3. The van der Waals surface area contributed by atoms with Crippen molar-refractivity contribution in [1.82, 2.24) is 9.55 Å². The molecule has 0 saturated carbocycles. The Kier molecular flexibility index (Phi) is 4.47. The Morgan fingerprint density at radius 3 is 2.96 bits per heavy atom. The third kappa shape index (κ3) is 3.49. The van der Waals surface area contributed by atoms with Gasteiger partial charge in [-0.15, -0.1) is 0 Å². The van der Waals surface area contributed by atoms with Gasteiger partial charge in [-0.25, -0.2) is 14.8 Å². The zero-order chi connectivity index (χ0) is 18.0. The third-order valence-electron chi connectivity index (χ3n) is 3.60. The molecule has 132 valence electrons. The van der Waals surface area contributed by atoms with E-state index in [1.54, 1.807) is 11.5 Å². The van der Waals surface area contributed by atoms with Gasteiger partial charge in [-0.05, 0) is 25.1 Å². The van der Waals surface area contributed by atoms with Gasteiger partial charge in [-0.3, -0.25) is 0 Å². The van der Waals surface area contributed by atoms with Gasteiger partial charge in [0.1, 0.15) is 11.4 Å². The number of carbonyl (C=O) groups excluding carboxylic acids is 1. The van der Waals surface area contributed by atoms with Gasteiger partial charge >= 0.3 is 12.1 Å². The maximum absolute atomic E-state index is 12.8.